The van der Waals surface area contributed by atoms with Gasteiger partial charge >= 0.3 is 0 Å². The van der Waals surface area contributed by atoms with E-state index in [1.807, 2.05) is 48.5 Å². The maximum atomic E-state index is 9.35. The summed E-state index contributed by atoms with van der Waals surface area (Å²) >= 11 is 0. The highest BCUT2D eigenvalue weighted by Crippen LogP contribution is 2.23. The molecule has 120 valence electrons. The normalized spacial score (nSPS) is 11.5. The Morgan fingerprint density at radius 2 is 1.61 bits per heavy atom. The molecule has 0 saturated carbocycles. The fourth-order valence-corrected chi connectivity index (χ4v) is 2.42. The van der Waals surface area contributed by atoms with Crippen LogP contribution < -0.4 is 9.47 Å². The van der Waals surface area contributed by atoms with Gasteiger partial charge < -0.3 is 9.47 Å². The van der Waals surface area contributed by atoms with Gasteiger partial charge in [0, 0.05) is 0 Å². The molecule has 0 spiro atoms. The molecule has 0 amide bonds. The molecule has 0 N–H and O–H groups in total. The summed E-state index contributed by atoms with van der Waals surface area (Å²) < 4.78 is 10.9. The number of nitriles is 1. The van der Waals surface area contributed by atoms with E-state index in [4.69, 9.17) is 9.47 Å². The number of benzene rings is 2. The Kier molecular flexibility index (Phi) is 6.50. The molecule has 1 atom stereocenters. The van der Waals surface area contributed by atoms with Crippen LogP contribution in [0.25, 0.3) is 0 Å². The maximum Gasteiger partial charge on any atom is 0.119 e. The highest BCUT2D eigenvalue weighted by Gasteiger charge is 2.10. The first-order chi connectivity index (χ1) is 11.2. The number of methoxy groups -OCH3 is 1. The molecule has 1 unspecified atom stereocenters. The van der Waals surface area contributed by atoms with Gasteiger partial charge in [-0.2, -0.15) is 5.26 Å². The van der Waals surface area contributed by atoms with Crippen LogP contribution in [-0.4, -0.2) is 13.7 Å². The van der Waals surface area contributed by atoms with E-state index in [1.54, 1.807) is 7.11 Å². The third kappa shape index (κ3) is 5.34. The van der Waals surface area contributed by atoms with Crippen LogP contribution in [0.1, 0.15) is 36.3 Å². The molecule has 0 radical (unpaired) electrons. The average molecular weight is 309 g/mol. The molecule has 3 heteroatoms. The summed E-state index contributed by atoms with van der Waals surface area (Å²) in [5.41, 5.74) is 2.28. The van der Waals surface area contributed by atoms with E-state index < -0.39 is 0 Å². The lowest BCUT2D eigenvalue weighted by atomic mass is 9.95. The second-order valence-corrected chi connectivity index (χ2v) is 5.61. The molecule has 2 aromatic rings. The molecule has 2 aromatic carbocycles. The van der Waals surface area contributed by atoms with Crippen LogP contribution in [0.4, 0.5) is 0 Å². The highest BCUT2D eigenvalue weighted by atomic mass is 16.5. The van der Waals surface area contributed by atoms with Gasteiger partial charge in [0.15, 0.2) is 0 Å². The third-order valence-electron chi connectivity index (χ3n) is 3.85. The Hall–Kier alpha value is -2.47. The molecule has 0 bridgehead atoms. The Morgan fingerprint density at radius 1 is 0.957 bits per heavy atom. The predicted octanol–water partition coefficient (Wildman–Crippen LogP) is 4.86. The quantitative estimate of drug-likeness (QED) is 0.654. The van der Waals surface area contributed by atoms with Crippen molar-refractivity contribution in [1.29, 1.82) is 5.26 Å². The largest absolute Gasteiger partial charge is 0.497 e. The SMILES string of the molecule is COc1ccc(C(C#N)CCCCOc2ccc(C)cc2)cc1. The van der Waals surface area contributed by atoms with E-state index in [9.17, 15) is 5.26 Å². The molecule has 0 fully saturated rings. The number of rotatable bonds is 8. The fraction of sp³-hybridized carbons (Fsp3) is 0.350. The standard InChI is InChI=1S/C20H23NO2/c1-16-6-10-20(11-7-16)23-14-4-3-5-18(15-21)17-8-12-19(22-2)13-9-17/h6-13,18H,3-5,14H2,1-2H3. The van der Waals surface area contributed by atoms with Crippen LogP contribution in [0, 0.1) is 18.3 Å². The van der Waals surface area contributed by atoms with Crippen molar-refractivity contribution in [1.82, 2.24) is 0 Å². The minimum atomic E-state index is -0.0692. The van der Waals surface area contributed by atoms with Gasteiger partial charge in [0.05, 0.1) is 25.7 Å². The summed E-state index contributed by atoms with van der Waals surface area (Å²) in [6, 6.07) is 18.2. The lowest BCUT2D eigenvalue weighted by Gasteiger charge is -2.11. The molecular weight excluding hydrogens is 286 g/mol. The topological polar surface area (TPSA) is 42.2 Å². The lowest BCUT2D eigenvalue weighted by molar-refractivity contribution is 0.304. The minimum absolute atomic E-state index is 0.0692. The first kappa shape index (κ1) is 16.9. The van der Waals surface area contributed by atoms with Crippen LogP contribution in [0.3, 0.4) is 0 Å². The first-order valence-corrected chi connectivity index (χ1v) is 7.96. The Labute approximate surface area is 138 Å². The van der Waals surface area contributed by atoms with Crippen molar-refractivity contribution < 1.29 is 9.47 Å². The highest BCUT2D eigenvalue weighted by molar-refractivity contribution is 5.32. The molecule has 23 heavy (non-hydrogen) atoms. The molecule has 0 aliphatic rings. The fourth-order valence-electron chi connectivity index (χ4n) is 2.42. The van der Waals surface area contributed by atoms with E-state index in [1.165, 1.54) is 5.56 Å². The smallest absolute Gasteiger partial charge is 0.119 e. The zero-order chi connectivity index (χ0) is 16.5. The molecule has 0 saturated heterocycles. The van der Waals surface area contributed by atoms with E-state index in [0.717, 1.165) is 36.3 Å². The van der Waals surface area contributed by atoms with Crippen LogP contribution >= 0.6 is 0 Å². The molecule has 3 nitrogen and oxygen atoms in total. The van der Waals surface area contributed by atoms with Crippen LogP contribution in [0.2, 0.25) is 0 Å². The predicted molar refractivity (Wildman–Crippen MR) is 91.9 cm³/mol. The van der Waals surface area contributed by atoms with Crippen molar-refractivity contribution >= 4 is 0 Å². The summed E-state index contributed by atoms with van der Waals surface area (Å²) in [6.07, 6.45) is 2.76. The minimum Gasteiger partial charge on any atom is -0.497 e. The van der Waals surface area contributed by atoms with Crippen molar-refractivity contribution in [2.24, 2.45) is 0 Å². The summed E-state index contributed by atoms with van der Waals surface area (Å²) in [5, 5.41) is 9.35. The Balaban J connectivity index is 1.73. The zero-order valence-electron chi connectivity index (χ0n) is 13.8. The van der Waals surface area contributed by atoms with Gasteiger partial charge in [-0.15, -0.1) is 0 Å². The van der Waals surface area contributed by atoms with E-state index >= 15 is 0 Å². The Bertz CT molecular complexity index is 626. The summed E-state index contributed by atoms with van der Waals surface area (Å²) in [7, 11) is 1.64. The lowest BCUT2D eigenvalue weighted by Crippen LogP contribution is -2.00. The van der Waals surface area contributed by atoms with Gasteiger partial charge in [0.1, 0.15) is 11.5 Å². The molecule has 0 heterocycles. The number of unbranched alkanes of at least 4 members (excludes halogenated alkanes) is 1. The zero-order valence-corrected chi connectivity index (χ0v) is 13.8. The van der Waals surface area contributed by atoms with Gasteiger partial charge in [-0.25, -0.2) is 0 Å². The molecule has 0 aromatic heterocycles. The monoisotopic (exact) mass is 309 g/mol. The van der Waals surface area contributed by atoms with Crippen molar-refractivity contribution in [2.75, 3.05) is 13.7 Å². The van der Waals surface area contributed by atoms with Crippen molar-refractivity contribution in [3.63, 3.8) is 0 Å². The second-order valence-electron chi connectivity index (χ2n) is 5.61. The summed E-state index contributed by atoms with van der Waals surface area (Å²) in [6.45, 7) is 2.74. The van der Waals surface area contributed by atoms with Gasteiger partial charge in [-0.1, -0.05) is 29.8 Å². The van der Waals surface area contributed by atoms with E-state index in [0.29, 0.717) is 6.61 Å². The third-order valence-corrected chi connectivity index (χ3v) is 3.85. The summed E-state index contributed by atoms with van der Waals surface area (Å²) in [5.74, 6) is 1.65. The van der Waals surface area contributed by atoms with Crippen molar-refractivity contribution in [2.45, 2.75) is 32.1 Å². The van der Waals surface area contributed by atoms with Crippen LogP contribution in [0.15, 0.2) is 48.5 Å². The molecule has 2 rings (SSSR count). The maximum absolute atomic E-state index is 9.35. The van der Waals surface area contributed by atoms with Gasteiger partial charge in [0.25, 0.3) is 0 Å². The average Bonchev–Trinajstić information content (AvgIpc) is 2.60. The van der Waals surface area contributed by atoms with Crippen LogP contribution in [-0.2, 0) is 0 Å². The molecule has 0 aliphatic carbocycles. The van der Waals surface area contributed by atoms with Gasteiger partial charge in [0.2, 0.25) is 0 Å². The number of ether oxygens (including phenoxy) is 2. The summed E-state index contributed by atoms with van der Waals surface area (Å²) in [4.78, 5) is 0. The van der Waals surface area contributed by atoms with Gasteiger partial charge in [-0.3, -0.25) is 0 Å². The van der Waals surface area contributed by atoms with E-state index in [2.05, 4.69) is 13.0 Å². The number of hydrogen-bond donors (Lipinski definition) is 0. The van der Waals surface area contributed by atoms with Crippen molar-refractivity contribution in [3.05, 3.63) is 59.7 Å². The van der Waals surface area contributed by atoms with Crippen LogP contribution in [0.5, 0.6) is 11.5 Å². The molecular formula is C20H23NO2. The number of hydrogen-bond acceptors (Lipinski definition) is 3. The Morgan fingerprint density at radius 3 is 2.22 bits per heavy atom. The number of aryl methyl sites for hydroxylation is 1. The van der Waals surface area contributed by atoms with Crippen molar-refractivity contribution in [3.8, 4) is 17.6 Å². The second kappa shape index (κ2) is 8.85. The molecule has 0 aliphatic heterocycles. The first-order valence-electron chi connectivity index (χ1n) is 7.96. The van der Waals surface area contributed by atoms with E-state index in [-0.39, 0.29) is 5.92 Å². The number of nitrogens with zero attached hydrogens (tertiary/aromatic N) is 1. The van der Waals surface area contributed by atoms with Gasteiger partial charge in [-0.05, 0) is 56.0 Å².